The number of nitrogens with two attached hydrogens (primary N) is 2. The third-order valence-corrected chi connectivity index (χ3v) is 2.33. The zero-order valence-electron chi connectivity index (χ0n) is 8.39. The average Bonchev–Trinajstić information content (AvgIpc) is 2.00. The molecule has 0 radical (unpaired) electrons. The summed E-state index contributed by atoms with van der Waals surface area (Å²) in [6.07, 6.45) is -3.85. The molecule has 4 nitrogen and oxygen atoms in total. The summed E-state index contributed by atoms with van der Waals surface area (Å²) in [7, 11) is 0. The Balaban J connectivity index is 3.19. The maximum absolute atomic E-state index is 12.6. The summed E-state index contributed by atoms with van der Waals surface area (Å²) in [6.45, 7) is 3.15. The van der Waals surface area contributed by atoms with Crippen molar-refractivity contribution in [1.82, 2.24) is 5.32 Å². The minimum Gasteiger partial charge on any atom is -0.370 e. The van der Waals surface area contributed by atoms with Crippen LogP contribution in [0.3, 0.4) is 0 Å². The molecule has 0 saturated heterocycles. The number of hydrogen-bond acceptors (Lipinski definition) is 4. The van der Waals surface area contributed by atoms with Gasteiger partial charge in [-0.1, -0.05) is 13.8 Å². The molecule has 86 valence electrons. The van der Waals surface area contributed by atoms with Crippen molar-refractivity contribution in [3.05, 3.63) is 11.8 Å². The van der Waals surface area contributed by atoms with Crippen LogP contribution in [-0.2, 0) is 0 Å². The number of aliphatic imine (C=N–C) groups is 1. The zero-order valence-corrected chi connectivity index (χ0v) is 8.39. The Morgan fingerprint density at radius 3 is 2.40 bits per heavy atom. The van der Waals surface area contributed by atoms with E-state index in [9.17, 15) is 13.2 Å². The molecule has 1 atom stereocenters. The summed E-state index contributed by atoms with van der Waals surface area (Å²) in [4.78, 5) is 3.38. The standard InChI is InChI=1S/C8H13F3N4/c1-4(2)7(13)5(8(9,10)11)3-14-6(12)15-7/h3-4H,13H2,1-2H3,(H3,12,14,15). The Bertz CT molecular complexity index is 318. The Morgan fingerprint density at radius 2 is 2.00 bits per heavy atom. The Morgan fingerprint density at radius 1 is 1.47 bits per heavy atom. The van der Waals surface area contributed by atoms with Gasteiger partial charge in [-0.15, -0.1) is 0 Å². The largest absolute Gasteiger partial charge is 0.417 e. The van der Waals surface area contributed by atoms with E-state index in [0.29, 0.717) is 6.20 Å². The zero-order chi connectivity index (χ0) is 11.9. The molecule has 7 heteroatoms. The lowest BCUT2D eigenvalue weighted by molar-refractivity contribution is -0.105. The minimum absolute atomic E-state index is 0.112. The van der Waals surface area contributed by atoms with Crippen LogP contribution >= 0.6 is 0 Å². The van der Waals surface area contributed by atoms with E-state index in [0.717, 1.165) is 0 Å². The summed E-state index contributed by atoms with van der Waals surface area (Å²) in [5, 5.41) is 2.37. The molecular weight excluding hydrogens is 209 g/mol. The number of halogens is 3. The highest BCUT2D eigenvalue weighted by molar-refractivity contribution is 5.81. The molecule has 0 aromatic rings. The predicted octanol–water partition coefficient (Wildman–Crippen LogP) is 0.661. The van der Waals surface area contributed by atoms with Gasteiger partial charge in [0.05, 0.1) is 5.57 Å². The van der Waals surface area contributed by atoms with E-state index in [1.165, 1.54) is 0 Å². The van der Waals surface area contributed by atoms with Gasteiger partial charge < -0.3 is 16.8 Å². The van der Waals surface area contributed by atoms with E-state index >= 15 is 0 Å². The summed E-state index contributed by atoms with van der Waals surface area (Å²) in [6, 6.07) is 0. The molecule has 0 aromatic heterocycles. The van der Waals surface area contributed by atoms with Crippen molar-refractivity contribution in [2.75, 3.05) is 0 Å². The van der Waals surface area contributed by atoms with Crippen molar-refractivity contribution in [3.8, 4) is 0 Å². The van der Waals surface area contributed by atoms with Gasteiger partial charge in [-0.25, -0.2) is 4.99 Å². The van der Waals surface area contributed by atoms with Crippen molar-refractivity contribution in [2.45, 2.75) is 25.7 Å². The van der Waals surface area contributed by atoms with Gasteiger partial charge in [0.15, 0.2) is 5.96 Å². The molecule has 0 spiro atoms. The molecule has 5 N–H and O–H groups in total. The third kappa shape index (κ3) is 2.06. The third-order valence-electron chi connectivity index (χ3n) is 2.33. The van der Waals surface area contributed by atoms with Crippen molar-refractivity contribution < 1.29 is 13.2 Å². The van der Waals surface area contributed by atoms with Crippen LogP contribution in [0, 0.1) is 5.92 Å². The maximum Gasteiger partial charge on any atom is 0.417 e. The molecule has 0 fully saturated rings. The fraction of sp³-hybridized carbons (Fsp3) is 0.625. The van der Waals surface area contributed by atoms with E-state index < -0.39 is 23.3 Å². The van der Waals surface area contributed by atoms with Crippen LogP contribution in [0.2, 0.25) is 0 Å². The van der Waals surface area contributed by atoms with Crippen LogP contribution in [-0.4, -0.2) is 17.8 Å². The number of hydrogen-bond donors (Lipinski definition) is 3. The van der Waals surface area contributed by atoms with Crippen LogP contribution in [0.25, 0.3) is 0 Å². The molecule has 0 bridgehead atoms. The van der Waals surface area contributed by atoms with Gasteiger partial charge >= 0.3 is 6.18 Å². The highest BCUT2D eigenvalue weighted by atomic mass is 19.4. The number of guanidine groups is 1. The molecule has 0 aromatic carbocycles. The van der Waals surface area contributed by atoms with Crippen LogP contribution in [0.15, 0.2) is 16.8 Å². The van der Waals surface area contributed by atoms with Crippen LogP contribution in [0.5, 0.6) is 0 Å². The van der Waals surface area contributed by atoms with E-state index in [2.05, 4.69) is 10.3 Å². The lowest BCUT2D eigenvalue weighted by Gasteiger charge is -2.39. The molecular formula is C8H13F3N4. The Kier molecular flexibility index (Phi) is 2.69. The highest BCUT2D eigenvalue weighted by Crippen LogP contribution is 2.36. The first-order chi connectivity index (χ1) is 6.68. The SMILES string of the molecule is CC(C)C1(N)NC(N)=NC=C1C(F)(F)F. The van der Waals surface area contributed by atoms with Gasteiger partial charge in [0.2, 0.25) is 0 Å². The maximum atomic E-state index is 12.6. The van der Waals surface area contributed by atoms with E-state index in [1.807, 2.05) is 0 Å². The first-order valence-corrected chi connectivity index (χ1v) is 4.36. The van der Waals surface area contributed by atoms with Gasteiger partial charge in [-0.05, 0) is 5.92 Å². The summed E-state index contributed by atoms with van der Waals surface area (Å²) < 4.78 is 37.9. The monoisotopic (exact) mass is 222 g/mol. The Hall–Kier alpha value is -1.24. The molecule has 15 heavy (non-hydrogen) atoms. The smallest absolute Gasteiger partial charge is 0.370 e. The molecule has 1 heterocycles. The number of nitrogens with one attached hydrogen (secondary N) is 1. The average molecular weight is 222 g/mol. The van der Waals surface area contributed by atoms with Gasteiger partial charge in [0.1, 0.15) is 5.66 Å². The normalized spacial score (nSPS) is 27.1. The highest BCUT2D eigenvalue weighted by Gasteiger charge is 2.49. The number of alkyl halides is 3. The van der Waals surface area contributed by atoms with E-state index in [1.54, 1.807) is 13.8 Å². The molecule has 0 amide bonds. The summed E-state index contributed by atoms with van der Waals surface area (Å²) >= 11 is 0. The fourth-order valence-corrected chi connectivity index (χ4v) is 1.32. The molecule has 1 aliphatic rings. The topological polar surface area (TPSA) is 76.4 Å². The summed E-state index contributed by atoms with van der Waals surface area (Å²) in [5.41, 5.74) is 8.33. The lowest BCUT2D eigenvalue weighted by atomic mass is 9.88. The first kappa shape index (κ1) is 11.8. The Labute approximate surface area is 85.2 Å². The van der Waals surface area contributed by atoms with Gasteiger partial charge in [-0.2, -0.15) is 13.2 Å². The molecule has 0 saturated carbocycles. The van der Waals surface area contributed by atoms with Crippen molar-refractivity contribution in [2.24, 2.45) is 22.4 Å². The second kappa shape index (κ2) is 3.41. The lowest BCUT2D eigenvalue weighted by Crippen LogP contribution is -2.65. The van der Waals surface area contributed by atoms with Gasteiger partial charge in [0, 0.05) is 6.20 Å². The minimum atomic E-state index is -4.52. The van der Waals surface area contributed by atoms with Crippen LogP contribution < -0.4 is 16.8 Å². The van der Waals surface area contributed by atoms with Crippen LogP contribution in [0.4, 0.5) is 13.2 Å². The van der Waals surface area contributed by atoms with Gasteiger partial charge in [0.25, 0.3) is 0 Å². The second-order valence-electron chi connectivity index (χ2n) is 3.70. The number of nitrogens with zero attached hydrogens (tertiary/aromatic N) is 1. The number of rotatable bonds is 1. The predicted molar refractivity (Wildman–Crippen MR) is 50.7 cm³/mol. The van der Waals surface area contributed by atoms with E-state index in [4.69, 9.17) is 11.5 Å². The van der Waals surface area contributed by atoms with Crippen LogP contribution in [0.1, 0.15) is 13.8 Å². The second-order valence-corrected chi connectivity index (χ2v) is 3.70. The molecule has 1 aliphatic heterocycles. The van der Waals surface area contributed by atoms with Gasteiger partial charge in [-0.3, -0.25) is 0 Å². The quantitative estimate of drug-likeness (QED) is 0.610. The van der Waals surface area contributed by atoms with Crippen molar-refractivity contribution in [3.63, 3.8) is 0 Å². The fourth-order valence-electron chi connectivity index (χ4n) is 1.32. The molecule has 0 aliphatic carbocycles. The first-order valence-electron chi connectivity index (χ1n) is 4.36. The van der Waals surface area contributed by atoms with Crippen molar-refractivity contribution in [1.29, 1.82) is 0 Å². The van der Waals surface area contributed by atoms with Crippen molar-refractivity contribution >= 4 is 5.96 Å². The van der Waals surface area contributed by atoms with E-state index in [-0.39, 0.29) is 5.96 Å². The summed E-state index contributed by atoms with van der Waals surface area (Å²) in [5.74, 6) is -0.585. The molecule has 1 rings (SSSR count). The molecule has 1 unspecified atom stereocenters.